The first kappa shape index (κ1) is 11.0. The number of rotatable bonds is 2. The lowest BCUT2D eigenvalue weighted by Crippen LogP contribution is -1.84. The van der Waals surface area contributed by atoms with Gasteiger partial charge in [-0.15, -0.1) is 0 Å². The molecule has 2 aliphatic carbocycles. The van der Waals surface area contributed by atoms with Crippen LogP contribution in [0, 0.1) is 0 Å². The van der Waals surface area contributed by atoms with Gasteiger partial charge in [0.2, 0.25) is 0 Å². The Bertz CT molecular complexity index is 575. The zero-order valence-electron chi connectivity index (χ0n) is 10.3. The molecule has 0 N–H and O–H groups in total. The van der Waals surface area contributed by atoms with Gasteiger partial charge >= 0.3 is 0 Å². The normalized spacial score (nSPS) is 17.6. The smallest absolute Gasteiger partial charge is 0.00884 e. The van der Waals surface area contributed by atoms with Gasteiger partial charge in [0, 0.05) is 0 Å². The maximum absolute atomic E-state index is 2.22. The van der Waals surface area contributed by atoms with Crippen LogP contribution in [0.1, 0.15) is 24.0 Å². The predicted molar refractivity (Wildman–Crippen MR) is 79.1 cm³/mol. The lowest BCUT2D eigenvalue weighted by molar-refractivity contribution is 1.40. The van der Waals surface area contributed by atoms with E-state index in [1.807, 2.05) is 0 Å². The molecule has 0 spiro atoms. The highest BCUT2D eigenvalue weighted by molar-refractivity contribution is 5.78. The van der Waals surface area contributed by atoms with Crippen molar-refractivity contribution in [1.29, 1.82) is 0 Å². The third kappa shape index (κ3) is 2.28. The molecule has 0 fully saturated rings. The fraction of sp³-hybridized carbons (Fsp3) is 0.111. The van der Waals surface area contributed by atoms with Gasteiger partial charge in [0.15, 0.2) is 0 Å². The van der Waals surface area contributed by atoms with E-state index in [1.165, 1.54) is 22.3 Å². The molecule has 88 valence electrons. The summed E-state index contributed by atoms with van der Waals surface area (Å²) in [6, 6.07) is 8.86. The van der Waals surface area contributed by atoms with Crippen LogP contribution in [0.15, 0.2) is 72.9 Å². The van der Waals surface area contributed by atoms with Crippen molar-refractivity contribution in [3.63, 3.8) is 0 Å². The van der Waals surface area contributed by atoms with Gasteiger partial charge in [-0.1, -0.05) is 72.9 Å². The molecule has 0 aromatic heterocycles. The molecule has 0 saturated heterocycles. The van der Waals surface area contributed by atoms with Gasteiger partial charge in [0.25, 0.3) is 0 Å². The zero-order valence-corrected chi connectivity index (χ0v) is 10.3. The molecule has 0 saturated carbocycles. The topological polar surface area (TPSA) is 0 Å². The van der Waals surface area contributed by atoms with E-state index >= 15 is 0 Å². The molecule has 0 bridgehead atoms. The molecular weight excluding hydrogens is 216 g/mol. The molecule has 0 amide bonds. The molecule has 2 aliphatic rings. The van der Waals surface area contributed by atoms with E-state index in [9.17, 15) is 0 Å². The van der Waals surface area contributed by atoms with Gasteiger partial charge in [-0.3, -0.25) is 0 Å². The number of allylic oxidation sites excluding steroid dienone is 10. The van der Waals surface area contributed by atoms with Crippen molar-refractivity contribution in [2.45, 2.75) is 12.8 Å². The first-order valence-corrected chi connectivity index (χ1v) is 6.43. The first-order chi connectivity index (χ1) is 8.93. The summed E-state index contributed by atoms with van der Waals surface area (Å²) in [5.74, 6) is 0. The fourth-order valence-corrected chi connectivity index (χ4v) is 2.31. The van der Waals surface area contributed by atoms with Crippen molar-refractivity contribution in [2.75, 3.05) is 0 Å². The minimum absolute atomic E-state index is 1.02. The Hall–Kier alpha value is -2.08. The largest absolute Gasteiger partial charge is 0.0807 e. The van der Waals surface area contributed by atoms with E-state index in [1.54, 1.807) is 0 Å². The SMILES string of the molecule is C1=CCC=CC(c2ccc(C3=CC=CC3)cc2)=C1. The van der Waals surface area contributed by atoms with Crippen molar-refractivity contribution in [3.8, 4) is 0 Å². The Balaban J connectivity index is 1.87. The molecule has 0 aliphatic heterocycles. The van der Waals surface area contributed by atoms with E-state index in [0.717, 1.165) is 12.8 Å². The van der Waals surface area contributed by atoms with Gasteiger partial charge in [-0.2, -0.15) is 0 Å². The summed E-state index contributed by atoms with van der Waals surface area (Å²) in [7, 11) is 0. The minimum Gasteiger partial charge on any atom is -0.0807 e. The molecule has 0 atom stereocenters. The molecule has 0 radical (unpaired) electrons. The van der Waals surface area contributed by atoms with Crippen molar-refractivity contribution < 1.29 is 0 Å². The van der Waals surface area contributed by atoms with Crippen LogP contribution < -0.4 is 0 Å². The van der Waals surface area contributed by atoms with Crippen LogP contribution in [-0.4, -0.2) is 0 Å². The van der Waals surface area contributed by atoms with Crippen molar-refractivity contribution in [3.05, 3.63) is 84.0 Å². The maximum Gasteiger partial charge on any atom is -0.00884 e. The second-order valence-corrected chi connectivity index (χ2v) is 4.59. The quantitative estimate of drug-likeness (QED) is 0.678. The average molecular weight is 232 g/mol. The van der Waals surface area contributed by atoms with E-state index < -0.39 is 0 Å². The molecule has 1 aromatic rings. The van der Waals surface area contributed by atoms with Gasteiger partial charge in [-0.25, -0.2) is 0 Å². The Morgan fingerprint density at radius 3 is 2.28 bits per heavy atom. The Labute approximate surface area is 108 Å². The predicted octanol–water partition coefficient (Wildman–Crippen LogP) is 4.93. The van der Waals surface area contributed by atoms with E-state index in [4.69, 9.17) is 0 Å². The van der Waals surface area contributed by atoms with Crippen molar-refractivity contribution >= 4 is 11.1 Å². The lowest BCUT2D eigenvalue weighted by Gasteiger charge is -2.05. The zero-order chi connectivity index (χ0) is 12.2. The van der Waals surface area contributed by atoms with E-state index in [0.29, 0.717) is 0 Å². The van der Waals surface area contributed by atoms with Crippen molar-refractivity contribution in [1.82, 2.24) is 0 Å². The molecule has 0 nitrogen and oxygen atoms in total. The highest BCUT2D eigenvalue weighted by Gasteiger charge is 2.04. The average Bonchev–Trinajstić information content (AvgIpc) is 2.82. The number of hydrogen-bond donors (Lipinski definition) is 0. The van der Waals surface area contributed by atoms with E-state index in [2.05, 4.69) is 72.9 Å². The number of hydrogen-bond acceptors (Lipinski definition) is 0. The highest BCUT2D eigenvalue weighted by Crippen LogP contribution is 2.25. The Morgan fingerprint density at radius 2 is 1.50 bits per heavy atom. The van der Waals surface area contributed by atoms with Crippen LogP contribution in [0.5, 0.6) is 0 Å². The molecule has 0 heterocycles. The molecule has 0 unspecified atom stereocenters. The van der Waals surface area contributed by atoms with Crippen LogP contribution >= 0.6 is 0 Å². The van der Waals surface area contributed by atoms with Crippen molar-refractivity contribution in [2.24, 2.45) is 0 Å². The molecular formula is C18H16. The minimum atomic E-state index is 1.02. The van der Waals surface area contributed by atoms with Gasteiger partial charge in [0.05, 0.1) is 0 Å². The van der Waals surface area contributed by atoms with Crippen LogP contribution in [0.2, 0.25) is 0 Å². The van der Waals surface area contributed by atoms with Gasteiger partial charge in [-0.05, 0) is 35.1 Å². The summed E-state index contributed by atoms with van der Waals surface area (Å²) in [5, 5.41) is 0. The highest BCUT2D eigenvalue weighted by atomic mass is 14.1. The Kier molecular flexibility index (Phi) is 3.10. The molecule has 3 rings (SSSR count). The number of benzene rings is 1. The first-order valence-electron chi connectivity index (χ1n) is 6.43. The molecule has 1 aromatic carbocycles. The summed E-state index contributed by atoms with van der Waals surface area (Å²) in [6.07, 6.45) is 19.5. The third-order valence-corrected chi connectivity index (χ3v) is 3.34. The summed E-state index contributed by atoms with van der Waals surface area (Å²) in [4.78, 5) is 0. The van der Waals surface area contributed by atoms with Crippen LogP contribution in [-0.2, 0) is 0 Å². The van der Waals surface area contributed by atoms with Crippen LogP contribution in [0.3, 0.4) is 0 Å². The fourth-order valence-electron chi connectivity index (χ4n) is 2.31. The standard InChI is InChI=1S/C18H16/c1-2-4-8-15(7-3-1)17-11-13-18(14-12-17)16-9-5-6-10-16/h1,3-9,11-14H,2,10H2. The Morgan fingerprint density at radius 1 is 0.722 bits per heavy atom. The van der Waals surface area contributed by atoms with Gasteiger partial charge < -0.3 is 0 Å². The van der Waals surface area contributed by atoms with Crippen LogP contribution in [0.25, 0.3) is 11.1 Å². The third-order valence-electron chi connectivity index (χ3n) is 3.34. The lowest BCUT2D eigenvalue weighted by atomic mass is 9.99. The maximum atomic E-state index is 2.22. The second kappa shape index (κ2) is 5.05. The summed E-state index contributed by atoms with van der Waals surface area (Å²) in [5.41, 5.74) is 5.31. The van der Waals surface area contributed by atoms with Crippen LogP contribution in [0.4, 0.5) is 0 Å². The molecule has 0 heteroatoms. The van der Waals surface area contributed by atoms with Gasteiger partial charge in [0.1, 0.15) is 0 Å². The van der Waals surface area contributed by atoms with E-state index in [-0.39, 0.29) is 0 Å². The second-order valence-electron chi connectivity index (χ2n) is 4.59. The summed E-state index contributed by atoms with van der Waals surface area (Å²) >= 11 is 0. The summed E-state index contributed by atoms with van der Waals surface area (Å²) < 4.78 is 0. The summed E-state index contributed by atoms with van der Waals surface area (Å²) in [6.45, 7) is 0. The monoisotopic (exact) mass is 232 g/mol. The molecule has 18 heavy (non-hydrogen) atoms.